The molecular formula is C20H17F3N4O3S. The summed E-state index contributed by atoms with van der Waals surface area (Å²) in [6.45, 7) is 0.107. The Morgan fingerprint density at radius 1 is 1.26 bits per heavy atom. The number of benzene rings is 1. The summed E-state index contributed by atoms with van der Waals surface area (Å²) < 4.78 is 38.7. The van der Waals surface area contributed by atoms with E-state index in [0.29, 0.717) is 20.7 Å². The van der Waals surface area contributed by atoms with E-state index in [0.717, 1.165) is 21.4 Å². The van der Waals surface area contributed by atoms with E-state index < -0.39 is 36.0 Å². The number of carbonyl (C=O) groups excluding carboxylic acids is 2. The number of halogens is 3. The number of rotatable bonds is 4. The van der Waals surface area contributed by atoms with E-state index in [9.17, 15) is 27.6 Å². The van der Waals surface area contributed by atoms with E-state index in [1.165, 1.54) is 11.3 Å². The lowest BCUT2D eigenvalue weighted by atomic mass is 10.0. The largest absolute Gasteiger partial charge is 0.406 e. The van der Waals surface area contributed by atoms with Gasteiger partial charge in [0.25, 0.3) is 5.56 Å². The van der Waals surface area contributed by atoms with Crippen molar-refractivity contribution in [3.8, 4) is 11.1 Å². The summed E-state index contributed by atoms with van der Waals surface area (Å²) in [6.07, 6.45) is -3.73. The molecule has 1 fully saturated rings. The fourth-order valence-electron chi connectivity index (χ4n) is 3.66. The molecule has 1 atom stereocenters. The van der Waals surface area contributed by atoms with Gasteiger partial charge in [-0.3, -0.25) is 19.8 Å². The van der Waals surface area contributed by atoms with Crippen LogP contribution in [0.3, 0.4) is 0 Å². The molecule has 7 nitrogen and oxygen atoms in total. The first kappa shape index (κ1) is 21.0. The fraction of sp³-hybridized carbons (Fsp3) is 0.300. The summed E-state index contributed by atoms with van der Waals surface area (Å²) in [6, 6.07) is 9.28. The molecule has 0 bridgehead atoms. The predicted molar refractivity (Wildman–Crippen MR) is 109 cm³/mol. The maximum Gasteiger partial charge on any atom is 0.406 e. The molecule has 0 aliphatic carbocycles. The Hall–Kier alpha value is -3.21. The smallest absolute Gasteiger partial charge is 0.333 e. The van der Waals surface area contributed by atoms with Crippen LogP contribution in [0, 0.1) is 12.8 Å². The molecule has 3 aromatic rings. The van der Waals surface area contributed by atoms with Crippen LogP contribution in [0.25, 0.3) is 21.3 Å². The van der Waals surface area contributed by atoms with Gasteiger partial charge in [0.05, 0.1) is 11.3 Å². The maximum atomic E-state index is 13.1. The number of aryl methyl sites for hydroxylation is 1. The third-order valence-electron chi connectivity index (χ3n) is 5.04. The Morgan fingerprint density at radius 3 is 2.65 bits per heavy atom. The molecule has 11 heteroatoms. The maximum absolute atomic E-state index is 13.1. The summed E-state index contributed by atoms with van der Waals surface area (Å²) in [5, 5.41) is 0.345. The number of alkyl halides is 3. The zero-order valence-corrected chi connectivity index (χ0v) is 17.1. The molecule has 2 aromatic heterocycles. The molecule has 1 unspecified atom stereocenters. The average Bonchev–Trinajstić information content (AvgIpc) is 3.23. The molecule has 1 aromatic carbocycles. The van der Waals surface area contributed by atoms with E-state index in [2.05, 4.69) is 10.4 Å². The number of aromatic nitrogens is 2. The normalized spacial score (nSPS) is 16.8. The summed E-state index contributed by atoms with van der Waals surface area (Å²) in [7, 11) is 0. The molecule has 1 saturated heterocycles. The molecule has 0 saturated carbocycles. The highest BCUT2D eigenvalue weighted by Gasteiger charge is 2.40. The van der Waals surface area contributed by atoms with E-state index in [-0.39, 0.29) is 13.0 Å². The van der Waals surface area contributed by atoms with Crippen molar-refractivity contribution in [1.82, 2.24) is 14.6 Å². The molecule has 0 spiro atoms. The van der Waals surface area contributed by atoms with Gasteiger partial charge in [-0.2, -0.15) is 13.2 Å². The zero-order valence-electron chi connectivity index (χ0n) is 16.3. The number of fused-ring (bicyclic) bond motifs is 1. The Labute approximate surface area is 178 Å². The van der Waals surface area contributed by atoms with Crippen LogP contribution in [0.1, 0.15) is 11.3 Å². The van der Waals surface area contributed by atoms with Crippen molar-refractivity contribution in [2.24, 2.45) is 5.92 Å². The van der Waals surface area contributed by atoms with Gasteiger partial charge >= 0.3 is 6.18 Å². The van der Waals surface area contributed by atoms with Gasteiger partial charge in [0.1, 0.15) is 17.7 Å². The monoisotopic (exact) mass is 450 g/mol. The van der Waals surface area contributed by atoms with E-state index in [1.54, 1.807) is 0 Å². The van der Waals surface area contributed by atoms with Gasteiger partial charge in [-0.15, -0.1) is 11.3 Å². The molecule has 0 radical (unpaired) electrons. The van der Waals surface area contributed by atoms with Gasteiger partial charge in [0.15, 0.2) is 0 Å². The van der Waals surface area contributed by atoms with E-state index in [4.69, 9.17) is 0 Å². The van der Waals surface area contributed by atoms with Crippen LogP contribution in [0.2, 0.25) is 0 Å². The SMILES string of the molecule is Cc1sc2ncn(NC(=O)C3CC(=O)N(CC(F)(F)F)C3)c(=O)c2c1-c1ccccc1. The number of thiophene rings is 1. The molecular weight excluding hydrogens is 433 g/mol. The molecule has 1 aliphatic rings. The minimum atomic E-state index is -4.54. The number of hydrogen-bond acceptors (Lipinski definition) is 5. The lowest BCUT2D eigenvalue weighted by Gasteiger charge is -2.18. The third kappa shape index (κ3) is 4.18. The second-order valence-electron chi connectivity index (χ2n) is 7.27. The molecule has 1 aliphatic heterocycles. The summed E-state index contributed by atoms with van der Waals surface area (Å²) in [5.41, 5.74) is 3.43. The summed E-state index contributed by atoms with van der Waals surface area (Å²) >= 11 is 1.35. The minimum absolute atomic E-state index is 0.345. The van der Waals surface area contributed by atoms with Gasteiger partial charge < -0.3 is 4.90 Å². The highest BCUT2D eigenvalue weighted by atomic mass is 32.1. The predicted octanol–water partition coefficient (Wildman–Crippen LogP) is 2.91. The summed E-state index contributed by atoms with van der Waals surface area (Å²) in [5.74, 6) is -2.46. The van der Waals surface area contributed by atoms with Crippen molar-refractivity contribution in [2.75, 3.05) is 18.5 Å². The van der Waals surface area contributed by atoms with Crippen LogP contribution in [-0.4, -0.2) is 45.6 Å². The number of hydrogen-bond donors (Lipinski definition) is 1. The Kier molecular flexibility index (Phi) is 5.29. The van der Waals surface area contributed by atoms with E-state index in [1.807, 2.05) is 37.3 Å². The number of nitrogens with one attached hydrogen (secondary N) is 1. The highest BCUT2D eigenvalue weighted by Crippen LogP contribution is 2.35. The molecule has 4 rings (SSSR count). The Balaban J connectivity index is 1.61. The highest BCUT2D eigenvalue weighted by molar-refractivity contribution is 7.19. The zero-order chi connectivity index (χ0) is 22.3. The molecule has 31 heavy (non-hydrogen) atoms. The van der Waals surface area contributed by atoms with Crippen molar-refractivity contribution < 1.29 is 22.8 Å². The van der Waals surface area contributed by atoms with Crippen LogP contribution < -0.4 is 11.0 Å². The van der Waals surface area contributed by atoms with Crippen LogP contribution in [0.5, 0.6) is 0 Å². The van der Waals surface area contributed by atoms with Crippen molar-refractivity contribution in [3.05, 3.63) is 51.9 Å². The fourth-order valence-corrected chi connectivity index (χ4v) is 4.66. The van der Waals surface area contributed by atoms with Crippen molar-refractivity contribution in [2.45, 2.75) is 19.5 Å². The van der Waals surface area contributed by atoms with Gasteiger partial charge in [-0.05, 0) is 12.5 Å². The van der Waals surface area contributed by atoms with Crippen LogP contribution >= 0.6 is 11.3 Å². The number of carbonyl (C=O) groups is 2. The number of nitrogens with zero attached hydrogens (tertiary/aromatic N) is 3. The van der Waals surface area contributed by atoms with Gasteiger partial charge in [-0.25, -0.2) is 9.66 Å². The van der Waals surface area contributed by atoms with Crippen molar-refractivity contribution >= 4 is 33.4 Å². The molecule has 2 amide bonds. The lowest BCUT2D eigenvalue weighted by molar-refractivity contribution is -0.157. The first-order valence-corrected chi connectivity index (χ1v) is 10.2. The summed E-state index contributed by atoms with van der Waals surface area (Å²) in [4.78, 5) is 43.7. The Bertz CT molecular complexity index is 1220. The number of amides is 2. The first-order chi connectivity index (χ1) is 14.6. The van der Waals surface area contributed by atoms with Crippen LogP contribution in [0.4, 0.5) is 13.2 Å². The Morgan fingerprint density at radius 2 is 1.97 bits per heavy atom. The standard InChI is InChI=1S/C20H17F3N4O3S/c1-11-15(12-5-3-2-4-6-12)16-18(31-11)24-10-27(19(16)30)25-17(29)13-7-14(28)26(8-13)9-20(21,22)23/h2-6,10,13H,7-9H2,1H3,(H,25,29). The van der Waals surface area contributed by atoms with Gasteiger partial charge in [0.2, 0.25) is 11.8 Å². The average molecular weight is 450 g/mol. The quantitative estimate of drug-likeness (QED) is 0.663. The second-order valence-corrected chi connectivity index (χ2v) is 8.47. The van der Waals surface area contributed by atoms with Crippen LogP contribution in [-0.2, 0) is 9.59 Å². The van der Waals surface area contributed by atoms with Gasteiger partial charge in [-0.1, -0.05) is 30.3 Å². The first-order valence-electron chi connectivity index (χ1n) is 9.35. The lowest BCUT2D eigenvalue weighted by Crippen LogP contribution is -2.39. The molecule has 162 valence electrons. The minimum Gasteiger partial charge on any atom is -0.333 e. The van der Waals surface area contributed by atoms with Crippen LogP contribution in [0.15, 0.2) is 41.5 Å². The topological polar surface area (TPSA) is 84.3 Å². The third-order valence-corrected chi connectivity index (χ3v) is 6.05. The van der Waals surface area contributed by atoms with E-state index >= 15 is 0 Å². The molecule has 1 N–H and O–H groups in total. The van der Waals surface area contributed by atoms with Gasteiger partial charge in [0, 0.05) is 23.4 Å². The number of likely N-dealkylation sites (tertiary alicyclic amines) is 1. The second kappa shape index (κ2) is 7.80. The molecule has 3 heterocycles. The van der Waals surface area contributed by atoms with Crippen molar-refractivity contribution in [1.29, 1.82) is 0 Å². The van der Waals surface area contributed by atoms with Crippen molar-refractivity contribution in [3.63, 3.8) is 0 Å².